The second-order valence-corrected chi connectivity index (χ2v) is 6.54. The highest BCUT2D eigenvalue weighted by molar-refractivity contribution is 5.85. The molecule has 2 aliphatic rings. The first-order chi connectivity index (χ1) is 14.6. The van der Waals surface area contributed by atoms with Gasteiger partial charge in [-0.15, -0.1) is 0 Å². The molecule has 2 aromatic heterocycles. The van der Waals surface area contributed by atoms with Crippen molar-refractivity contribution in [2.24, 2.45) is 0 Å². The molecule has 5 rings (SSSR count). The van der Waals surface area contributed by atoms with E-state index in [0.29, 0.717) is 40.7 Å². The Bertz CT molecular complexity index is 1170. The maximum absolute atomic E-state index is 5.71. The summed E-state index contributed by atoms with van der Waals surface area (Å²) < 4.78 is 10.6. The van der Waals surface area contributed by atoms with Gasteiger partial charge in [-0.1, -0.05) is 24.3 Å². The lowest BCUT2D eigenvalue weighted by molar-refractivity contribution is 0.355. The van der Waals surface area contributed by atoms with E-state index in [0.717, 1.165) is 5.56 Å². The molecule has 8 nitrogen and oxygen atoms in total. The van der Waals surface area contributed by atoms with Crippen LogP contribution >= 0.6 is 0 Å². The number of hydrogen-bond donors (Lipinski definition) is 2. The molecule has 30 heavy (non-hydrogen) atoms. The molecule has 8 heteroatoms. The van der Waals surface area contributed by atoms with Gasteiger partial charge in [0.2, 0.25) is 5.95 Å². The van der Waals surface area contributed by atoms with Gasteiger partial charge in [0.05, 0.1) is 26.1 Å². The zero-order valence-electron chi connectivity index (χ0n) is 17.0. The molecule has 0 atom stereocenters. The van der Waals surface area contributed by atoms with Crippen LogP contribution in [0, 0.1) is 0 Å². The van der Waals surface area contributed by atoms with Gasteiger partial charge in [0.15, 0.2) is 28.5 Å². The summed E-state index contributed by atoms with van der Waals surface area (Å²) in [6, 6.07) is 14.0. The molecule has 0 radical (unpaired) electrons. The van der Waals surface area contributed by atoms with E-state index in [4.69, 9.17) is 15.2 Å². The van der Waals surface area contributed by atoms with Crippen LogP contribution in [0.15, 0.2) is 48.7 Å². The van der Waals surface area contributed by atoms with Gasteiger partial charge in [-0.3, -0.25) is 0 Å². The fourth-order valence-electron chi connectivity index (χ4n) is 3.01. The number of aromatic nitrogens is 4. The minimum absolute atomic E-state index is 0.159. The first kappa shape index (κ1) is 19.4. The third kappa shape index (κ3) is 3.67. The molecule has 3 aromatic rings. The van der Waals surface area contributed by atoms with E-state index in [2.05, 4.69) is 49.5 Å². The van der Waals surface area contributed by atoms with Crippen LogP contribution in [0.5, 0.6) is 11.5 Å². The third-order valence-corrected chi connectivity index (χ3v) is 4.67. The van der Waals surface area contributed by atoms with Crippen molar-refractivity contribution in [1.82, 2.24) is 19.9 Å². The monoisotopic (exact) mass is 402 g/mol. The summed E-state index contributed by atoms with van der Waals surface area (Å²) >= 11 is 0. The molecule has 0 saturated heterocycles. The minimum atomic E-state index is 0.159. The normalized spacial score (nSPS) is 10.8. The molecule has 2 heterocycles. The smallest absolute Gasteiger partial charge is 0.224 e. The Morgan fingerprint density at radius 3 is 2.10 bits per heavy atom. The van der Waals surface area contributed by atoms with E-state index in [-0.39, 0.29) is 5.95 Å². The highest BCUT2D eigenvalue weighted by Gasteiger charge is 2.12. The fraction of sp³-hybridized carbons (Fsp3) is 0.182. The van der Waals surface area contributed by atoms with Gasteiger partial charge in [-0.25, -0.2) is 9.97 Å². The van der Waals surface area contributed by atoms with E-state index in [9.17, 15) is 0 Å². The van der Waals surface area contributed by atoms with Crippen LogP contribution in [0.3, 0.4) is 0 Å². The van der Waals surface area contributed by atoms with Gasteiger partial charge in [0, 0.05) is 12.1 Å². The standard InChI is InChI=1S/C16H18N6O2.C6H4/c1-4-18-14-13-15(22-16(17)21-14)19-8-10(20-13)9-5-6-11(23-2)12(7-9)24-3;1-2-6-4-3-5(1)6/h5-8H,4H2,1-3H3,(H3,17,18,19,21,22);1-4H. The molecule has 2 aliphatic carbocycles. The number of nitrogens with one attached hydrogen (secondary N) is 1. The lowest BCUT2D eigenvalue weighted by atomic mass is 9.95. The number of anilines is 2. The summed E-state index contributed by atoms with van der Waals surface area (Å²) in [5.41, 5.74) is 11.1. The molecular weight excluding hydrogens is 380 g/mol. The molecule has 3 N–H and O–H groups in total. The summed E-state index contributed by atoms with van der Waals surface area (Å²) in [5, 5.41) is 3.13. The Balaban J connectivity index is 0.000000305. The number of rotatable bonds is 5. The van der Waals surface area contributed by atoms with Crippen LogP contribution in [-0.2, 0) is 0 Å². The van der Waals surface area contributed by atoms with Crippen molar-refractivity contribution in [3.63, 3.8) is 0 Å². The maximum atomic E-state index is 5.71. The van der Waals surface area contributed by atoms with Crippen LogP contribution in [0.4, 0.5) is 11.8 Å². The third-order valence-electron chi connectivity index (χ3n) is 4.67. The van der Waals surface area contributed by atoms with Crippen molar-refractivity contribution in [3.8, 4) is 33.9 Å². The Labute approximate surface area is 174 Å². The number of nitrogens with two attached hydrogens (primary N) is 1. The summed E-state index contributed by atoms with van der Waals surface area (Å²) in [6.07, 6.45) is 1.64. The maximum Gasteiger partial charge on any atom is 0.224 e. The van der Waals surface area contributed by atoms with Crippen molar-refractivity contribution in [1.29, 1.82) is 0 Å². The number of nitrogen functional groups attached to an aromatic ring is 1. The quantitative estimate of drug-likeness (QED) is 0.457. The van der Waals surface area contributed by atoms with Gasteiger partial charge < -0.3 is 20.5 Å². The number of ether oxygens (including phenoxy) is 2. The van der Waals surface area contributed by atoms with Crippen molar-refractivity contribution < 1.29 is 9.47 Å². The second kappa shape index (κ2) is 8.20. The Morgan fingerprint density at radius 1 is 0.867 bits per heavy atom. The van der Waals surface area contributed by atoms with Crippen LogP contribution in [-0.4, -0.2) is 40.7 Å². The first-order valence-corrected chi connectivity index (χ1v) is 9.50. The van der Waals surface area contributed by atoms with E-state index < -0.39 is 0 Å². The van der Waals surface area contributed by atoms with E-state index in [1.54, 1.807) is 20.4 Å². The molecule has 0 amide bonds. The lowest BCUT2D eigenvalue weighted by Crippen LogP contribution is -2.06. The average Bonchev–Trinajstić information content (AvgIpc) is 2.76. The number of nitrogens with zero attached hydrogens (tertiary/aromatic N) is 4. The summed E-state index contributed by atoms with van der Waals surface area (Å²) in [5.74, 6) is 2.00. The van der Waals surface area contributed by atoms with Gasteiger partial charge in [-0.2, -0.15) is 9.97 Å². The van der Waals surface area contributed by atoms with Gasteiger partial charge in [0.25, 0.3) is 0 Å². The second-order valence-electron chi connectivity index (χ2n) is 6.54. The Kier molecular flexibility index (Phi) is 5.30. The van der Waals surface area contributed by atoms with Crippen molar-refractivity contribution in [3.05, 3.63) is 48.7 Å². The van der Waals surface area contributed by atoms with Gasteiger partial charge >= 0.3 is 0 Å². The zero-order valence-corrected chi connectivity index (χ0v) is 17.0. The molecule has 1 aromatic carbocycles. The molecule has 0 aliphatic heterocycles. The summed E-state index contributed by atoms with van der Waals surface area (Å²) in [4.78, 5) is 17.3. The Morgan fingerprint density at radius 2 is 1.53 bits per heavy atom. The topological polar surface area (TPSA) is 108 Å². The molecule has 0 unspecified atom stereocenters. The lowest BCUT2D eigenvalue weighted by Gasteiger charge is -2.10. The highest BCUT2D eigenvalue weighted by Crippen LogP contribution is 2.32. The largest absolute Gasteiger partial charge is 0.493 e. The molecule has 0 spiro atoms. The number of fused-ring (bicyclic) bond motifs is 2. The summed E-state index contributed by atoms with van der Waals surface area (Å²) in [6.45, 7) is 2.66. The Hall–Kier alpha value is -3.94. The molecule has 0 fully saturated rings. The van der Waals surface area contributed by atoms with Gasteiger partial charge in [-0.05, 0) is 36.2 Å². The van der Waals surface area contributed by atoms with Crippen LogP contribution in [0.25, 0.3) is 33.5 Å². The molecular formula is C22H22N6O2. The highest BCUT2D eigenvalue weighted by atomic mass is 16.5. The number of methoxy groups -OCH3 is 2. The van der Waals surface area contributed by atoms with Crippen LogP contribution < -0.4 is 20.5 Å². The zero-order chi connectivity index (χ0) is 21.1. The van der Waals surface area contributed by atoms with E-state index in [1.807, 2.05) is 25.1 Å². The summed E-state index contributed by atoms with van der Waals surface area (Å²) in [7, 11) is 3.19. The predicted octanol–water partition coefficient (Wildman–Crippen LogP) is 3.79. The van der Waals surface area contributed by atoms with E-state index >= 15 is 0 Å². The number of hydrogen-bond acceptors (Lipinski definition) is 8. The van der Waals surface area contributed by atoms with Crippen LogP contribution in [0.1, 0.15) is 6.92 Å². The molecule has 0 bridgehead atoms. The van der Waals surface area contributed by atoms with E-state index in [1.165, 1.54) is 11.1 Å². The fourth-order valence-corrected chi connectivity index (χ4v) is 3.01. The van der Waals surface area contributed by atoms with Gasteiger partial charge in [0.1, 0.15) is 0 Å². The van der Waals surface area contributed by atoms with Crippen LogP contribution in [0.2, 0.25) is 0 Å². The SMILES string of the molecule is CCNc1nc(N)nc2ncc(-c3ccc(OC)c(OC)c3)nc12.c1cc2ccc1-2. The molecule has 0 saturated carbocycles. The minimum Gasteiger partial charge on any atom is -0.493 e. The number of benzene rings is 2. The predicted molar refractivity (Wildman–Crippen MR) is 118 cm³/mol. The average molecular weight is 402 g/mol. The van der Waals surface area contributed by atoms with Crippen molar-refractivity contribution >= 4 is 22.9 Å². The molecule has 152 valence electrons. The van der Waals surface area contributed by atoms with Crippen molar-refractivity contribution in [2.45, 2.75) is 6.92 Å². The first-order valence-electron chi connectivity index (χ1n) is 9.50. The van der Waals surface area contributed by atoms with Crippen molar-refractivity contribution in [2.75, 3.05) is 31.8 Å².